The minimum Gasteiger partial charge on any atom is -0.448 e. The number of hydrogen-bond donors (Lipinski definition) is 1. The van der Waals surface area contributed by atoms with Crippen molar-refractivity contribution in [2.75, 3.05) is 12.3 Å². The van der Waals surface area contributed by atoms with Gasteiger partial charge in [0, 0.05) is 24.5 Å². The third-order valence-electron chi connectivity index (χ3n) is 2.43. The van der Waals surface area contributed by atoms with Gasteiger partial charge in [-0.1, -0.05) is 30.3 Å². The van der Waals surface area contributed by atoms with Crippen molar-refractivity contribution < 1.29 is 4.42 Å². The largest absolute Gasteiger partial charge is 0.448 e. The molecule has 4 heteroatoms. The quantitative estimate of drug-likeness (QED) is 0.798. The van der Waals surface area contributed by atoms with Crippen molar-refractivity contribution in [2.24, 2.45) is 5.73 Å². The van der Waals surface area contributed by atoms with Crippen LogP contribution in [0.2, 0.25) is 0 Å². The number of hydrogen-bond acceptors (Lipinski definition) is 4. The molecule has 0 saturated carbocycles. The zero-order valence-corrected chi connectivity index (χ0v) is 10.5. The highest BCUT2D eigenvalue weighted by molar-refractivity contribution is 7.98. The first-order valence-corrected chi connectivity index (χ1v) is 6.78. The second-order valence-electron chi connectivity index (χ2n) is 3.73. The number of oxazole rings is 1. The van der Waals surface area contributed by atoms with Gasteiger partial charge in [-0.2, -0.15) is 11.8 Å². The Hall–Kier alpha value is -1.26. The summed E-state index contributed by atoms with van der Waals surface area (Å²) in [5.41, 5.74) is 7.74. The molecule has 2 N–H and O–H groups in total. The van der Waals surface area contributed by atoms with Gasteiger partial charge in [-0.05, 0) is 5.56 Å². The Kier molecular flexibility index (Phi) is 4.64. The topological polar surface area (TPSA) is 52.0 Å². The van der Waals surface area contributed by atoms with E-state index in [1.165, 1.54) is 12.0 Å². The van der Waals surface area contributed by atoms with Gasteiger partial charge in [0.1, 0.15) is 5.76 Å². The van der Waals surface area contributed by atoms with Crippen LogP contribution in [0.3, 0.4) is 0 Å². The first-order valence-electron chi connectivity index (χ1n) is 5.63. The lowest BCUT2D eigenvalue weighted by atomic mass is 10.1. The lowest BCUT2D eigenvalue weighted by Crippen LogP contribution is -2.02. The molecular weight excluding hydrogens is 232 g/mol. The third kappa shape index (κ3) is 3.61. The molecule has 0 unspecified atom stereocenters. The van der Waals surface area contributed by atoms with Crippen LogP contribution in [0.25, 0.3) is 0 Å². The zero-order chi connectivity index (χ0) is 11.9. The van der Waals surface area contributed by atoms with Gasteiger partial charge in [0.25, 0.3) is 0 Å². The summed E-state index contributed by atoms with van der Waals surface area (Å²) in [5.74, 6) is 2.79. The Morgan fingerprint density at radius 3 is 2.82 bits per heavy atom. The lowest BCUT2D eigenvalue weighted by Gasteiger charge is -2.01. The molecule has 1 aromatic carbocycles. The van der Waals surface area contributed by atoms with Crippen molar-refractivity contribution >= 4 is 11.8 Å². The Balaban J connectivity index is 1.99. The monoisotopic (exact) mass is 248 g/mol. The summed E-state index contributed by atoms with van der Waals surface area (Å²) in [6.45, 7) is 0.705. The van der Waals surface area contributed by atoms with Crippen LogP contribution in [0, 0.1) is 0 Å². The van der Waals surface area contributed by atoms with Crippen LogP contribution in [0.1, 0.15) is 17.0 Å². The minimum atomic E-state index is 0.705. The molecule has 90 valence electrons. The fraction of sp³-hybridized carbons (Fsp3) is 0.308. The van der Waals surface area contributed by atoms with Gasteiger partial charge in [0.2, 0.25) is 0 Å². The van der Waals surface area contributed by atoms with Crippen molar-refractivity contribution in [3.8, 4) is 0 Å². The summed E-state index contributed by atoms with van der Waals surface area (Å²) in [4.78, 5) is 4.26. The fourth-order valence-corrected chi connectivity index (χ4v) is 2.33. The predicted octanol–water partition coefficient (Wildman–Crippen LogP) is 2.46. The Bertz CT molecular complexity index is 442. The van der Waals surface area contributed by atoms with Crippen LogP contribution in [0.15, 0.2) is 41.1 Å². The minimum absolute atomic E-state index is 0.705. The molecule has 3 nitrogen and oxygen atoms in total. The Labute approximate surface area is 105 Å². The molecule has 0 aliphatic carbocycles. The van der Waals surface area contributed by atoms with Gasteiger partial charge in [0.05, 0.1) is 5.69 Å². The molecule has 0 bridgehead atoms. The van der Waals surface area contributed by atoms with E-state index in [0.717, 1.165) is 29.4 Å². The molecule has 0 radical (unpaired) electrons. The van der Waals surface area contributed by atoms with Gasteiger partial charge in [-0.15, -0.1) is 0 Å². The average Bonchev–Trinajstić information content (AvgIpc) is 2.79. The SMILES string of the molecule is NCCSCc1ncoc1Cc1ccccc1. The Morgan fingerprint density at radius 2 is 2.06 bits per heavy atom. The number of nitrogens with two attached hydrogens (primary N) is 1. The molecule has 0 atom stereocenters. The highest BCUT2D eigenvalue weighted by Gasteiger charge is 2.08. The first kappa shape index (κ1) is 12.2. The molecule has 0 aliphatic rings. The number of thioether (sulfide) groups is 1. The van der Waals surface area contributed by atoms with Gasteiger partial charge >= 0.3 is 0 Å². The molecule has 0 spiro atoms. The van der Waals surface area contributed by atoms with E-state index in [4.69, 9.17) is 10.2 Å². The molecule has 1 aromatic heterocycles. The summed E-state index contributed by atoms with van der Waals surface area (Å²) in [7, 11) is 0. The molecule has 1 heterocycles. The summed E-state index contributed by atoms with van der Waals surface area (Å²) >= 11 is 1.79. The molecule has 2 aromatic rings. The standard InChI is InChI=1S/C13H16N2OS/c14-6-7-17-9-12-13(16-10-15-12)8-11-4-2-1-3-5-11/h1-5,10H,6-9,14H2. The van der Waals surface area contributed by atoms with E-state index in [2.05, 4.69) is 17.1 Å². The first-order chi connectivity index (χ1) is 8.40. The maximum absolute atomic E-state index is 5.46. The maximum atomic E-state index is 5.46. The van der Waals surface area contributed by atoms with E-state index in [-0.39, 0.29) is 0 Å². The average molecular weight is 248 g/mol. The van der Waals surface area contributed by atoms with Crippen molar-refractivity contribution in [1.82, 2.24) is 4.98 Å². The van der Waals surface area contributed by atoms with Gasteiger partial charge in [-0.25, -0.2) is 4.98 Å². The van der Waals surface area contributed by atoms with E-state index in [1.54, 1.807) is 11.8 Å². The number of nitrogens with zero attached hydrogens (tertiary/aromatic N) is 1. The predicted molar refractivity (Wildman–Crippen MR) is 71.0 cm³/mol. The van der Waals surface area contributed by atoms with Crippen LogP contribution in [-0.4, -0.2) is 17.3 Å². The lowest BCUT2D eigenvalue weighted by molar-refractivity contribution is 0.512. The molecule has 0 saturated heterocycles. The number of benzene rings is 1. The number of rotatable bonds is 6. The smallest absolute Gasteiger partial charge is 0.181 e. The maximum Gasteiger partial charge on any atom is 0.181 e. The van der Waals surface area contributed by atoms with E-state index in [9.17, 15) is 0 Å². The summed E-state index contributed by atoms with van der Waals surface area (Å²) in [6, 6.07) is 10.3. The van der Waals surface area contributed by atoms with Crippen molar-refractivity contribution in [3.63, 3.8) is 0 Å². The van der Waals surface area contributed by atoms with E-state index >= 15 is 0 Å². The van der Waals surface area contributed by atoms with E-state index in [1.807, 2.05) is 18.2 Å². The van der Waals surface area contributed by atoms with Gasteiger partial charge in [0.15, 0.2) is 6.39 Å². The van der Waals surface area contributed by atoms with Crippen molar-refractivity contribution in [1.29, 1.82) is 0 Å². The van der Waals surface area contributed by atoms with Crippen LogP contribution in [0.5, 0.6) is 0 Å². The molecule has 0 fully saturated rings. The zero-order valence-electron chi connectivity index (χ0n) is 9.63. The van der Waals surface area contributed by atoms with Crippen LogP contribution < -0.4 is 5.73 Å². The molecule has 0 amide bonds. The number of aromatic nitrogens is 1. The van der Waals surface area contributed by atoms with Crippen molar-refractivity contribution in [2.45, 2.75) is 12.2 Å². The van der Waals surface area contributed by atoms with Crippen LogP contribution >= 0.6 is 11.8 Å². The molecule has 17 heavy (non-hydrogen) atoms. The van der Waals surface area contributed by atoms with Gasteiger partial charge in [-0.3, -0.25) is 0 Å². The summed E-state index contributed by atoms with van der Waals surface area (Å²) in [6.07, 6.45) is 2.33. The van der Waals surface area contributed by atoms with Crippen LogP contribution in [0.4, 0.5) is 0 Å². The molecule has 2 rings (SSSR count). The van der Waals surface area contributed by atoms with E-state index in [0.29, 0.717) is 6.54 Å². The van der Waals surface area contributed by atoms with Crippen molar-refractivity contribution in [3.05, 3.63) is 53.7 Å². The second kappa shape index (κ2) is 6.47. The molecular formula is C13H16N2OS. The third-order valence-corrected chi connectivity index (χ3v) is 3.44. The normalized spacial score (nSPS) is 10.6. The summed E-state index contributed by atoms with van der Waals surface area (Å²) in [5, 5.41) is 0. The molecule has 0 aliphatic heterocycles. The fourth-order valence-electron chi connectivity index (χ4n) is 1.59. The van der Waals surface area contributed by atoms with Crippen LogP contribution in [-0.2, 0) is 12.2 Å². The second-order valence-corrected chi connectivity index (χ2v) is 4.83. The highest BCUT2D eigenvalue weighted by atomic mass is 32.2. The summed E-state index contributed by atoms with van der Waals surface area (Å²) < 4.78 is 5.44. The highest BCUT2D eigenvalue weighted by Crippen LogP contribution is 2.18. The van der Waals surface area contributed by atoms with Gasteiger partial charge < -0.3 is 10.2 Å². The Morgan fingerprint density at radius 1 is 1.24 bits per heavy atom. The van der Waals surface area contributed by atoms with E-state index < -0.39 is 0 Å².